The van der Waals surface area contributed by atoms with E-state index in [1.165, 1.54) is 0 Å². The molecule has 3 aliphatic heterocycles. The Kier molecular flexibility index (Phi) is 6.67. The number of carbonyl (C=O) groups excluding carboxylic acids is 3. The number of aryl methyl sites for hydroxylation is 1. The first-order valence-electron chi connectivity index (χ1n) is 13.5. The van der Waals surface area contributed by atoms with Gasteiger partial charge >= 0.3 is 6.03 Å². The smallest absolute Gasteiger partial charge is 0.319 e. The first kappa shape index (κ1) is 25.9. The fourth-order valence-corrected chi connectivity index (χ4v) is 5.58. The van der Waals surface area contributed by atoms with E-state index in [-0.39, 0.29) is 35.4 Å². The number of hydrogen-bond acceptors (Lipinski definition) is 7. The number of piperidine rings is 1. The van der Waals surface area contributed by atoms with Gasteiger partial charge in [-0.05, 0) is 43.2 Å². The summed E-state index contributed by atoms with van der Waals surface area (Å²) in [6.07, 6.45) is 7.08. The Morgan fingerprint density at radius 1 is 1.18 bits per heavy atom. The second-order valence-corrected chi connectivity index (χ2v) is 10.8. The Labute approximate surface area is 232 Å². The number of ether oxygens (including phenoxy) is 1. The molecule has 1 aromatic carbocycles. The molecule has 0 spiro atoms. The van der Waals surface area contributed by atoms with Gasteiger partial charge in [0.05, 0.1) is 11.6 Å². The number of nitrogens with zero attached hydrogens (tertiary/aromatic N) is 4. The summed E-state index contributed by atoms with van der Waals surface area (Å²) in [6.45, 7) is 3.02. The van der Waals surface area contributed by atoms with E-state index in [0.29, 0.717) is 17.0 Å². The lowest BCUT2D eigenvalue weighted by atomic mass is 9.95. The van der Waals surface area contributed by atoms with Crippen LogP contribution in [0.25, 0.3) is 17.1 Å². The quantitative estimate of drug-likeness (QED) is 0.423. The Morgan fingerprint density at radius 3 is 2.65 bits per heavy atom. The van der Waals surface area contributed by atoms with Crippen LogP contribution in [0.15, 0.2) is 42.4 Å². The minimum absolute atomic E-state index is 0.0321. The lowest BCUT2D eigenvalue weighted by Crippen LogP contribution is -2.57. The Balaban J connectivity index is 1.24. The number of aromatic nitrogens is 2. The average Bonchev–Trinajstić information content (AvgIpc) is 3.41. The van der Waals surface area contributed by atoms with Crippen molar-refractivity contribution in [3.63, 3.8) is 0 Å². The van der Waals surface area contributed by atoms with Crippen LogP contribution in [0.4, 0.5) is 16.2 Å². The predicted octanol–water partition coefficient (Wildman–Crippen LogP) is 2.59. The molecule has 0 atom stereocenters. The van der Waals surface area contributed by atoms with Crippen LogP contribution in [0.5, 0.6) is 5.75 Å². The van der Waals surface area contributed by atoms with Crippen LogP contribution in [0.3, 0.4) is 0 Å². The maximum atomic E-state index is 13.4. The van der Waals surface area contributed by atoms with E-state index in [4.69, 9.17) is 4.74 Å². The third-order valence-electron chi connectivity index (χ3n) is 7.82. The molecule has 3 aromatic rings. The first-order chi connectivity index (χ1) is 19.3. The number of rotatable bonds is 5. The number of hydrogen-bond donors (Lipinski definition) is 3. The van der Waals surface area contributed by atoms with Crippen molar-refractivity contribution in [2.75, 3.05) is 50.5 Å². The van der Waals surface area contributed by atoms with Gasteiger partial charge in [0.25, 0.3) is 0 Å². The maximum absolute atomic E-state index is 13.4. The highest BCUT2D eigenvalue weighted by atomic mass is 16.5. The van der Waals surface area contributed by atoms with Crippen LogP contribution in [-0.4, -0.2) is 78.5 Å². The van der Waals surface area contributed by atoms with E-state index in [2.05, 4.69) is 25.8 Å². The van der Waals surface area contributed by atoms with Gasteiger partial charge in [0, 0.05) is 88.0 Å². The van der Waals surface area contributed by atoms with Gasteiger partial charge in [0.15, 0.2) is 5.76 Å². The zero-order chi connectivity index (χ0) is 28.0. The predicted molar refractivity (Wildman–Crippen MR) is 153 cm³/mol. The molecule has 0 bridgehead atoms. The number of amides is 3. The average molecular weight is 544 g/mol. The van der Waals surface area contributed by atoms with Gasteiger partial charge in [-0.15, -0.1) is 0 Å². The topological polar surface area (TPSA) is 121 Å². The van der Waals surface area contributed by atoms with E-state index in [1.807, 2.05) is 23.9 Å². The standard InChI is InChI=1S/C29H33N7O4/c1-34(2)28(38)17-7-10-36(11-8-17)22-6-9-31-27-25(22)18(16-35(27)3)12-24-26(37)21-13-19(4-5-23(21)40-24)32-29(39)33-20-14-30-15-20/h4-6,9,12-13,16-17,20,30H,7-8,10-11,14-15H2,1-3H3,(H2,32,33,39)/b24-12-. The van der Waals surface area contributed by atoms with Gasteiger partial charge in [-0.1, -0.05) is 0 Å². The van der Waals surface area contributed by atoms with Crippen LogP contribution in [0.2, 0.25) is 0 Å². The second kappa shape index (κ2) is 10.3. The Hall–Kier alpha value is -4.38. The minimum atomic E-state index is -0.306. The summed E-state index contributed by atoms with van der Waals surface area (Å²) in [5.74, 6) is 0.638. The highest BCUT2D eigenvalue weighted by molar-refractivity contribution is 6.16. The zero-order valence-corrected chi connectivity index (χ0v) is 22.9. The number of fused-ring (bicyclic) bond motifs is 2. The summed E-state index contributed by atoms with van der Waals surface area (Å²) in [7, 11) is 5.53. The van der Waals surface area contributed by atoms with Gasteiger partial charge in [0.1, 0.15) is 11.4 Å². The van der Waals surface area contributed by atoms with Crippen molar-refractivity contribution in [3.05, 3.63) is 53.5 Å². The summed E-state index contributed by atoms with van der Waals surface area (Å²) < 4.78 is 7.91. The van der Waals surface area contributed by atoms with Gasteiger partial charge in [0.2, 0.25) is 11.7 Å². The van der Waals surface area contributed by atoms with E-state index >= 15 is 0 Å². The molecule has 5 heterocycles. The molecule has 0 radical (unpaired) electrons. The number of urea groups is 1. The molecule has 0 unspecified atom stereocenters. The summed E-state index contributed by atoms with van der Waals surface area (Å²) in [5.41, 5.74) is 3.58. The molecular formula is C29H33N7O4. The third kappa shape index (κ3) is 4.77. The fourth-order valence-electron chi connectivity index (χ4n) is 5.58. The summed E-state index contributed by atoms with van der Waals surface area (Å²) in [6, 6.07) is 6.86. The molecule has 0 aliphatic carbocycles. The van der Waals surface area contributed by atoms with Gasteiger partial charge in [-0.25, -0.2) is 9.78 Å². The van der Waals surface area contributed by atoms with Crippen LogP contribution in [0.1, 0.15) is 28.8 Å². The molecule has 11 nitrogen and oxygen atoms in total. The van der Waals surface area contributed by atoms with Crippen molar-refractivity contribution < 1.29 is 19.1 Å². The van der Waals surface area contributed by atoms with Gasteiger partial charge < -0.3 is 35.1 Å². The number of carbonyl (C=O) groups is 3. The number of benzene rings is 1. The van der Waals surface area contributed by atoms with Crippen molar-refractivity contribution in [3.8, 4) is 5.75 Å². The summed E-state index contributed by atoms with van der Waals surface area (Å²) in [4.78, 5) is 46.7. The van der Waals surface area contributed by atoms with Crippen molar-refractivity contribution in [1.29, 1.82) is 0 Å². The largest absolute Gasteiger partial charge is 0.452 e. The SMILES string of the molecule is CN(C)C(=O)C1CCN(c2ccnc3c2c(/C=C2\Oc4ccc(NC(=O)NC5CNC5)cc4C2=O)cn3C)CC1. The Bertz CT molecular complexity index is 1530. The normalized spacial score (nSPS) is 18.4. The number of allylic oxidation sites excluding steroid dienone is 1. The fraction of sp³-hybridized carbons (Fsp3) is 0.379. The molecule has 3 aliphatic rings. The van der Waals surface area contributed by atoms with Crippen LogP contribution < -0.4 is 25.6 Å². The lowest BCUT2D eigenvalue weighted by molar-refractivity contribution is -0.133. The third-order valence-corrected chi connectivity index (χ3v) is 7.82. The van der Waals surface area contributed by atoms with Crippen molar-refractivity contribution >= 4 is 46.2 Å². The number of ketones is 1. The number of nitrogens with one attached hydrogen (secondary N) is 3. The molecule has 2 saturated heterocycles. The van der Waals surface area contributed by atoms with Crippen molar-refractivity contribution in [1.82, 2.24) is 25.1 Å². The maximum Gasteiger partial charge on any atom is 0.319 e. The Morgan fingerprint density at radius 2 is 1.95 bits per heavy atom. The number of anilines is 2. The van der Waals surface area contributed by atoms with Crippen molar-refractivity contribution in [2.45, 2.75) is 18.9 Å². The molecule has 40 heavy (non-hydrogen) atoms. The molecular weight excluding hydrogens is 510 g/mol. The molecule has 3 N–H and O–H groups in total. The van der Waals surface area contributed by atoms with Gasteiger partial charge in [-0.2, -0.15) is 0 Å². The number of Topliss-reactive ketones (excluding diaryl/α,β-unsaturated/α-hetero) is 1. The second-order valence-electron chi connectivity index (χ2n) is 10.8. The van der Waals surface area contributed by atoms with Crippen LogP contribution in [0, 0.1) is 5.92 Å². The first-order valence-corrected chi connectivity index (χ1v) is 13.5. The lowest BCUT2D eigenvalue weighted by Gasteiger charge is -2.34. The molecule has 208 valence electrons. The van der Waals surface area contributed by atoms with E-state index in [1.54, 1.807) is 49.5 Å². The molecule has 0 saturated carbocycles. The van der Waals surface area contributed by atoms with Gasteiger partial charge in [-0.3, -0.25) is 9.59 Å². The molecule has 3 amide bonds. The summed E-state index contributed by atoms with van der Waals surface area (Å²) >= 11 is 0. The van der Waals surface area contributed by atoms with E-state index in [9.17, 15) is 14.4 Å². The highest BCUT2D eigenvalue weighted by Gasteiger charge is 2.30. The summed E-state index contributed by atoms with van der Waals surface area (Å²) in [5, 5.41) is 9.72. The monoisotopic (exact) mass is 543 g/mol. The van der Waals surface area contributed by atoms with Crippen molar-refractivity contribution in [2.24, 2.45) is 13.0 Å². The molecule has 11 heteroatoms. The highest BCUT2D eigenvalue weighted by Crippen LogP contribution is 2.37. The molecule has 2 aromatic heterocycles. The number of pyridine rings is 1. The molecule has 6 rings (SSSR count). The van der Waals surface area contributed by atoms with E-state index in [0.717, 1.165) is 61.3 Å². The zero-order valence-electron chi connectivity index (χ0n) is 22.9. The minimum Gasteiger partial charge on any atom is -0.452 e. The van der Waals surface area contributed by atoms with Crippen LogP contribution in [-0.2, 0) is 11.8 Å². The molecule has 2 fully saturated rings. The van der Waals surface area contributed by atoms with Crippen LogP contribution >= 0.6 is 0 Å². The van der Waals surface area contributed by atoms with E-state index < -0.39 is 0 Å².